The van der Waals surface area contributed by atoms with E-state index in [-0.39, 0.29) is 22.8 Å². The maximum Gasteiger partial charge on any atom is 0.359 e. The number of rotatable bonds is 4. The molecule has 1 aromatic heterocycles. The van der Waals surface area contributed by atoms with E-state index >= 15 is 0 Å². The second-order valence-electron chi connectivity index (χ2n) is 6.85. The standard InChI is InChI=1S/C17H19N3O6S/c1-17(7-8-27(24,25)10-17)18-13(21)9-26-16(23)14-11-5-3-4-6-12(11)15(22)20(2)19-14/h3-6H,7-10H2,1-2H3,(H,18,21)/t17-/m0/s1. The average molecular weight is 393 g/mol. The summed E-state index contributed by atoms with van der Waals surface area (Å²) in [4.78, 5) is 36.5. The van der Waals surface area contributed by atoms with Crippen LogP contribution in [-0.2, 0) is 26.4 Å². The molecule has 1 amide bonds. The van der Waals surface area contributed by atoms with Gasteiger partial charge >= 0.3 is 5.97 Å². The third kappa shape index (κ3) is 4.00. The molecular weight excluding hydrogens is 374 g/mol. The van der Waals surface area contributed by atoms with Gasteiger partial charge in [-0.15, -0.1) is 0 Å². The Bertz CT molecular complexity index is 1090. The average Bonchev–Trinajstić information content (AvgIpc) is 2.88. The van der Waals surface area contributed by atoms with Gasteiger partial charge in [0.1, 0.15) is 0 Å². The Labute approximate surface area is 155 Å². The van der Waals surface area contributed by atoms with E-state index in [1.165, 1.54) is 7.05 Å². The lowest BCUT2D eigenvalue weighted by Crippen LogP contribution is -2.48. The molecule has 0 unspecified atom stereocenters. The van der Waals surface area contributed by atoms with E-state index in [0.29, 0.717) is 17.2 Å². The topological polar surface area (TPSA) is 124 Å². The number of nitrogens with one attached hydrogen (secondary N) is 1. The Kier molecular flexibility index (Phi) is 4.77. The zero-order valence-electron chi connectivity index (χ0n) is 14.9. The van der Waals surface area contributed by atoms with Crippen molar-refractivity contribution in [1.82, 2.24) is 15.1 Å². The van der Waals surface area contributed by atoms with Crippen LogP contribution in [0.15, 0.2) is 29.1 Å². The van der Waals surface area contributed by atoms with E-state index in [0.717, 1.165) is 4.68 Å². The first-order valence-corrected chi connectivity index (χ1v) is 10.1. The Morgan fingerprint density at radius 2 is 1.96 bits per heavy atom. The maximum absolute atomic E-state index is 12.4. The first-order valence-electron chi connectivity index (χ1n) is 8.25. The van der Waals surface area contributed by atoms with Crippen molar-refractivity contribution in [3.05, 3.63) is 40.3 Å². The van der Waals surface area contributed by atoms with E-state index in [1.54, 1.807) is 31.2 Å². The number of aryl methyl sites for hydroxylation is 1. The number of fused-ring (bicyclic) bond motifs is 1. The Morgan fingerprint density at radius 1 is 1.30 bits per heavy atom. The lowest BCUT2D eigenvalue weighted by molar-refractivity contribution is -0.125. The van der Waals surface area contributed by atoms with Crippen LogP contribution in [0, 0.1) is 0 Å². The number of ether oxygens (including phenoxy) is 1. The minimum atomic E-state index is -3.17. The van der Waals surface area contributed by atoms with Gasteiger partial charge < -0.3 is 10.1 Å². The summed E-state index contributed by atoms with van der Waals surface area (Å²) in [5.74, 6) is -1.58. The largest absolute Gasteiger partial charge is 0.451 e. The molecule has 27 heavy (non-hydrogen) atoms. The molecule has 2 aromatic rings. The van der Waals surface area contributed by atoms with Crippen molar-refractivity contribution in [2.45, 2.75) is 18.9 Å². The number of hydrogen-bond acceptors (Lipinski definition) is 7. The van der Waals surface area contributed by atoms with Crippen LogP contribution in [0.4, 0.5) is 0 Å². The molecule has 1 aliphatic rings. The number of hydrogen-bond donors (Lipinski definition) is 1. The summed E-state index contributed by atoms with van der Waals surface area (Å²) in [6.45, 7) is 1.06. The highest BCUT2D eigenvalue weighted by Gasteiger charge is 2.39. The minimum Gasteiger partial charge on any atom is -0.451 e. The summed E-state index contributed by atoms with van der Waals surface area (Å²) in [6, 6.07) is 6.48. The van der Waals surface area contributed by atoms with E-state index in [4.69, 9.17) is 4.74 Å². The van der Waals surface area contributed by atoms with Crippen molar-refractivity contribution in [2.24, 2.45) is 7.05 Å². The van der Waals surface area contributed by atoms with Crippen LogP contribution in [-0.4, -0.2) is 53.7 Å². The molecule has 0 bridgehead atoms. The molecule has 0 aliphatic carbocycles. The molecule has 1 atom stereocenters. The number of amides is 1. The van der Waals surface area contributed by atoms with Gasteiger partial charge in [0.05, 0.1) is 22.4 Å². The number of sulfone groups is 1. The van der Waals surface area contributed by atoms with Gasteiger partial charge in [-0.2, -0.15) is 5.10 Å². The normalized spacial score (nSPS) is 21.1. The van der Waals surface area contributed by atoms with Crippen molar-refractivity contribution in [2.75, 3.05) is 18.1 Å². The zero-order valence-corrected chi connectivity index (χ0v) is 15.7. The summed E-state index contributed by atoms with van der Waals surface area (Å²) in [5.41, 5.74) is -1.30. The zero-order chi connectivity index (χ0) is 19.8. The molecule has 1 saturated heterocycles. The molecule has 1 aromatic carbocycles. The fourth-order valence-corrected chi connectivity index (χ4v) is 5.22. The van der Waals surface area contributed by atoms with Gasteiger partial charge in [-0.05, 0) is 19.4 Å². The molecule has 10 heteroatoms. The highest BCUT2D eigenvalue weighted by Crippen LogP contribution is 2.22. The molecule has 144 valence electrons. The highest BCUT2D eigenvalue weighted by atomic mass is 32.2. The SMILES string of the molecule is Cn1nc(C(=O)OCC(=O)N[C@@]2(C)CCS(=O)(=O)C2)c2ccccc2c1=O. The number of carbonyl (C=O) groups is 2. The Balaban J connectivity index is 1.72. The van der Waals surface area contributed by atoms with E-state index in [1.807, 2.05) is 0 Å². The number of aromatic nitrogens is 2. The van der Waals surface area contributed by atoms with Crippen LogP contribution >= 0.6 is 0 Å². The number of carbonyl (C=O) groups excluding carboxylic acids is 2. The molecule has 1 fully saturated rings. The third-order valence-electron chi connectivity index (χ3n) is 4.43. The molecule has 0 saturated carbocycles. The predicted octanol–water partition coefficient (Wildman–Crippen LogP) is -0.216. The summed E-state index contributed by atoms with van der Waals surface area (Å²) in [5, 5.41) is 7.19. The van der Waals surface area contributed by atoms with Crippen LogP contribution in [0.5, 0.6) is 0 Å². The minimum absolute atomic E-state index is 0.0114. The predicted molar refractivity (Wildman–Crippen MR) is 97.1 cm³/mol. The Morgan fingerprint density at radius 3 is 2.59 bits per heavy atom. The van der Waals surface area contributed by atoms with Gasteiger partial charge in [-0.1, -0.05) is 18.2 Å². The molecule has 0 radical (unpaired) electrons. The maximum atomic E-state index is 12.4. The van der Waals surface area contributed by atoms with Gasteiger partial charge in [-0.25, -0.2) is 17.9 Å². The summed E-state index contributed by atoms with van der Waals surface area (Å²) < 4.78 is 29.2. The molecular formula is C17H19N3O6S. The first-order chi connectivity index (χ1) is 12.6. The molecule has 0 spiro atoms. The van der Waals surface area contributed by atoms with Gasteiger partial charge in [0, 0.05) is 12.4 Å². The molecule has 1 N–H and O–H groups in total. The lowest BCUT2D eigenvalue weighted by Gasteiger charge is -2.23. The van der Waals surface area contributed by atoms with E-state index in [2.05, 4.69) is 10.4 Å². The van der Waals surface area contributed by atoms with Crippen molar-refractivity contribution < 1.29 is 22.7 Å². The van der Waals surface area contributed by atoms with Gasteiger partial charge in [0.15, 0.2) is 22.1 Å². The number of benzene rings is 1. The summed E-state index contributed by atoms with van der Waals surface area (Å²) >= 11 is 0. The quantitative estimate of drug-likeness (QED) is 0.712. The fourth-order valence-electron chi connectivity index (χ4n) is 3.13. The lowest BCUT2D eigenvalue weighted by atomic mass is 10.0. The fraction of sp³-hybridized carbons (Fsp3) is 0.412. The van der Waals surface area contributed by atoms with Crippen molar-refractivity contribution in [3.63, 3.8) is 0 Å². The smallest absolute Gasteiger partial charge is 0.359 e. The molecule has 2 heterocycles. The molecule has 1 aliphatic heterocycles. The summed E-state index contributed by atoms with van der Waals surface area (Å²) in [6.07, 6.45) is 0.308. The second kappa shape index (κ2) is 6.76. The second-order valence-corrected chi connectivity index (χ2v) is 9.03. The van der Waals surface area contributed by atoms with Gasteiger partial charge in [-0.3, -0.25) is 9.59 Å². The Hall–Kier alpha value is -2.75. The van der Waals surface area contributed by atoms with Gasteiger partial charge in [0.2, 0.25) is 0 Å². The van der Waals surface area contributed by atoms with Crippen LogP contribution in [0.25, 0.3) is 10.8 Å². The van der Waals surface area contributed by atoms with Crippen LogP contribution < -0.4 is 10.9 Å². The van der Waals surface area contributed by atoms with Crippen molar-refractivity contribution in [3.8, 4) is 0 Å². The number of nitrogens with zero attached hydrogens (tertiary/aromatic N) is 2. The monoisotopic (exact) mass is 393 g/mol. The summed E-state index contributed by atoms with van der Waals surface area (Å²) in [7, 11) is -1.76. The van der Waals surface area contributed by atoms with Crippen LogP contribution in [0.3, 0.4) is 0 Å². The first kappa shape index (κ1) is 19.0. The van der Waals surface area contributed by atoms with Crippen molar-refractivity contribution in [1.29, 1.82) is 0 Å². The van der Waals surface area contributed by atoms with E-state index in [9.17, 15) is 22.8 Å². The molecule has 9 nitrogen and oxygen atoms in total. The van der Waals surface area contributed by atoms with Crippen LogP contribution in [0.2, 0.25) is 0 Å². The third-order valence-corrected chi connectivity index (χ3v) is 6.33. The number of esters is 1. The van der Waals surface area contributed by atoms with Gasteiger partial charge in [0.25, 0.3) is 11.5 Å². The highest BCUT2D eigenvalue weighted by molar-refractivity contribution is 7.91. The van der Waals surface area contributed by atoms with E-state index < -0.39 is 33.9 Å². The van der Waals surface area contributed by atoms with Crippen LogP contribution in [0.1, 0.15) is 23.8 Å². The van der Waals surface area contributed by atoms with Crippen molar-refractivity contribution >= 4 is 32.5 Å². The molecule has 3 rings (SSSR count).